The molecule has 0 unspecified atom stereocenters. The van der Waals surface area contributed by atoms with Crippen LogP contribution in [0.5, 0.6) is 5.75 Å². The zero-order valence-corrected chi connectivity index (χ0v) is 16.9. The summed E-state index contributed by atoms with van der Waals surface area (Å²) < 4.78 is 18.4. The predicted octanol–water partition coefficient (Wildman–Crippen LogP) is 3.95. The van der Waals surface area contributed by atoms with E-state index in [2.05, 4.69) is 22.0 Å². The molecule has 2 aromatic carbocycles. The number of carbonyl (C=O) groups excluding carboxylic acids is 1. The molecule has 1 fully saturated rings. The van der Waals surface area contributed by atoms with Crippen molar-refractivity contribution in [2.75, 3.05) is 49.5 Å². The largest absolute Gasteiger partial charge is 0.482 e. The van der Waals surface area contributed by atoms with Crippen molar-refractivity contribution in [1.82, 2.24) is 4.90 Å². The number of amides is 1. The van der Waals surface area contributed by atoms with Crippen LogP contribution in [0, 0.1) is 12.7 Å². The lowest BCUT2D eigenvalue weighted by atomic mass is 10.1. The van der Waals surface area contributed by atoms with Crippen LogP contribution in [0.15, 0.2) is 36.4 Å². The van der Waals surface area contributed by atoms with Crippen LogP contribution in [-0.2, 0) is 4.79 Å². The Labute approximate surface area is 170 Å². The van der Waals surface area contributed by atoms with Crippen molar-refractivity contribution in [2.24, 2.45) is 0 Å². The predicted molar refractivity (Wildman–Crippen MR) is 111 cm³/mol. The average Bonchev–Trinajstić information content (AvgIpc) is 2.67. The number of nitrogens with one attached hydrogen (secondary N) is 1. The highest BCUT2D eigenvalue weighted by Gasteiger charge is 2.17. The minimum Gasteiger partial charge on any atom is -0.482 e. The van der Waals surface area contributed by atoms with E-state index in [0.29, 0.717) is 5.69 Å². The lowest BCUT2D eigenvalue weighted by molar-refractivity contribution is -0.118. The minimum atomic E-state index is -0.450. The number of hydrogen-bond acceptors (Lipinski definition) is 4. The molecule has 28 heavy (non-hydrogen) atoms. The maximum atomic E-state index is 13.1. The number of anilines is 2. The molecule has 1 saturated heterocycles. The van der Waals surface area contributed by atoms with Crippen molar-refractivity contribution in [1.29, 1.82) is 0 Å². The number of nitrogens with zero attached hydrogens (tertiary/aromatic N) is 2. The molecule has 0 aromatic heterocycles. The first-order chi connectivity index (χ1) is 13.5. The van der Waals surface area contributed by atoms with Gasteiger partial charge in [0, 0.05) is 37.6 Å². The van der Waals surface area contributed by atoms with E-state index in [1.54, 1.807) is 0 Å². The van der Waals surface area contributed by atoms with Gasteiger partial charge in [0.05, 0.1) is 5.02 Å². The summed E-state index contributed by atoms with van der Waals surface area (Å²) in [6, 6.07) is 9.70. The molecule has 7 heteroatoms. The van der Waals surface area contributed by atoms with Gasteiger partial charge in [0.15, 0.2) is 6.61 Å². The van der Waals surface area contributed by atoms with Crippen LogP contribution in [0.3, 0.4) is 0 Å². The van der Waals surface area contributed by atoms with Crippen molar-refractivity contribution in [3.8, 4) is 5.75 Å². The summed E-state index contributed by atoms with van der Waals surface area (Å²) in [7, 11) is 0. The molecular formula is C21H25ClFN3O2. The zero-order valence-electron chi connectivity index (χ0n) is 16.2. The second-order valence-corrected chi connectivity index (χ2v) is 7.24. The first-order valence-corrected chi connectivity index (χ1v) is 9.79. The number of likely N-dealkylation sites (N-methyl/N-ethyl adjacent to an activating group) is 1. The number of ether oxygens (including phenoxy) is 1. The molecule has 0 atom stereocenters. The maximum absolute atomic E-state index is 13.1. The number of carbonyl (C=O) groups is 1. The Bertz CT molecular complexity index is 838. The second kappa shape index (κ2) is 9.26. The molecule has 0 radical (unpaired) electrons. The molecule has 0 bridgehead atoms. The standard InChI is InChI=1S/C21H25ClFN3O2/c1-3-25-8-10-26(11-9-25)19-6-5-17(12-15(19)2)24-21(27)14-28-20-7-4-16(23)13-18(20)22/h4-7,12-13H,3,8-11,14H2,1-2H3,(H,24,27). The first-order valence-electron chi connectivity index (χ1n) is 9.42. The Morgan fingerprint density at radius 3 is 2.57 bits per heavy atom. The molecule has 1 aliphatic rings. The molecule has 3 rings (SSSR count). The van der Waals surface area contributed by atoms with Crippen LogP contribution in [0.2, 0.25) is 5.02 Å². The van der Waals surface area contributed by atoms with Gasteiger partial charge in [-0.3, -0.25) is 4.79 Å². The Hall–Kier alpha value is -2.31. The monoisotopic (exact) mass is 405 g/mol. The van der Waals surface area contributed by atoms with Crippen LogP contribution in [0.4, 0.5) is 15.8 Å². The minimum absolute atomic E-state index is 0.135. The Kier molecular flexibility index (Phi) is 6.75. The highest BCUT2D eigenvalue weighted by molar-refractivity contribution is 6.32. The van der Waals surface area contributed by atoms with Crippen LogP contribution in [-0.4, -0.2) is 50.1 Å². The van der Waals surface area contributed by atoms with Crippen molar-refractivity contribution in [2.45, 2.75) is 13.8 Å². The SMILES string of the molecule is CCN1CCN(c2ccc(NC(=O)COc3ccc(F)cc3Cl)cc2C)CC1. The van der Waals surface area contributed by atoms with E-state index in [1.807, 2.05) is 25.1 Å². The van der Waals surface area contributed by atoms with Crippen molar-refractivity contribution in [3.05, 3.63) is 52.8 Å². The zero-order chi connectivity index (χ0) is 20.1. The van der Waals surface area contributed by atoms with E-state index in [9.17, 15) is 9.18 Å². The van der Waals surface area contributed by atoms with Gasteiger partial charge in [0.25, 0.3) is 5.91 Å². The van der Waals surface area contributed by atoms with Crippen LogP contribution < -0.4 is 15.0 Å². The fourth-order valence-electron chi connectivity index (χ4n) is 3.33. The number of benzene rings is 2. The summed E-state index contributed by atoms with van der Waals surface area (Å²) in [6.45, 7) is 9.26. The molecular weight excluding hydrogens is 381 g/mol. The summed E-state index contributed by atoms with van der Waals surface area (Å²) in [6.07, 6.45) is 0. The smallest absolute Gasteiger partial charge is 0.262 e. The van der Waals surface area contributed by atoms with E-state index in [4.69, 9.17) is 16.3 Å². The molecule has 0 spiro atoms. The molecule has 2 aromatic rings. The molecule has 1 heterocycles. The Balaban J connectivity index is 1.55. The maximum Gasteiger partial charge on any atom is 0.262 e. The van der Waals surface area contributed by atoms with Crippen molar-refractivity contribution < 1.29 is 13.9 Å². The summed E-state index contributed by atoms with van der Waals surface area (Å²) in [5.74, 6) is -0.478. The number of halogens is 2. The lowest BCUT2D eigenvalue weighted by Crippen LogP contribution is -2.46. The van der Waals surface area contributed by atoms with E-state index in [-0.39, 0.29) is 23.3 Å². The summed E-state index contributed by atoms with van der Waals surface area (Å²) in [5.41, 5.74) is 3.03. The van der Waals surface area contributed by atoms with E-state index in [1.165, 1.54) is 17.8 Å². The van der Waals surface area contributed by atoms with Crippen molar-refractivity contribution >= 4 is 28.9 Å². The van der Waals surface area contributed by atoms with Gasteiger partial charge in [0.2, 0.25) is 0 Å². The van der Waals surface area contributed by atoms with Gasteiger partial charge in [-0.05, 0) is 55.4 Å². The van der Waals surface area contributed by atoms with Gasteiger partial charge in [-0.1, -0.05) is 18.5 Å². The third kappa shape index (κ3) is 5.14. The lowest BCUT2D eigenvalue weighted by Gasteiger charge is -2.36. The highest BCUT2D eigenvalue weighted by Crippen LogP contribution is 2.26. The number of piperazine rings is 1. The van der Waals surface area contributed by atoms with Gasteiger partial charge in [0.1, 0.15) is 11.6 Å². The van der Waals surface area contributed by atoms with Gasteiger partial charge < -0.3 is 19.9 Å². The molecule has 5 nitrogen and oxygen atoms in total. The van der Waals surface area contributed by atoms with Crippen LogP contribution in [0.1, 0.15) is 12.5 Å². The molecule has 1 N–H and O–H groups in total. The average molecular weight is 406 g/mol. The molecule has 0 saturated carbocycles. The van der Waals surface area contributed by atoms with Gasteiger partial charge in [-0.2, -0.15) is 0 Å². The van der Waals surface area contributed by atoms with Gasteiger partial charge >= 0.3 is 0 Å². The normalized spacial score (nSPS) is 14.8. The molecule has 1 aliphatic heterocycles. The quantitative estimate of drug-likeness (QED) is 0.790. The highest BCUT2D eigenvalue weighted by atomic mass is 35.5. The van der Waals surface area contributed by atoms with Crippen LogP contribution >= 0.6 is 11.6 Å². The van der Waals surface area contributed by atoms with E-state index < -0.39 is 5.82 Å². The van der Waals surface area contributed by atoms with Gasteiger partial charge in [-0.15, -0.1) is 0 Å². The number of hydrogen-bond donors (Lipinski definition) is 1. The topological polar surface area (TPSA) is 44.8 Å². The fraction of sp³-hybridized carbons (Fsp3) is 0.381. The third-order valence-corrected chi connectivity index (χ3v) is 5.19. The fourth-order valence-corrected chi connectivity index (χ4v) is 3.55. The summed E-state index contributed by atoms with van der Waals surface area (Å²) >= 11 is 5.90. The molecule has 150 valence electrons. The Morgan fingerprint density at radius 2 is 1.93 bits per heavy atom. The van der Waals surface area contributed by atoms with Crippen LogP contribution in [0.25, 0.3) is 0 Å². The van der Waals surface area contributed by atoms with E-state index in [0.717, 1.165) is 44.4 Å². The van der Waals surface area contributed by atoms with Crippen molar-refractivity contribution in [3.63, 3.8) is 0 Å². The number of aryl methyl sites for hydroxylation is 1. The second-order valence-electron chi connectivity index (χ2n) is 6.83. The molecule has 1 amide bonds. The van der Waals surface area contributed by atoms with Gasteiger partial charge in [-0.25, -0.2) is 4.39 Å². The summed E-state index contributed by atoms with van der Waals surface area (Å²) in [5, 5.41) is 2.96. The summed E-state index contributed by atoms with van der Waals surface area (Å²) in [4.78, 5) is 17.0. The third-order valence-electron chi connectivity index (χ3n) is 4.89. The first kappa shape index (κ1) is 20.4. The molecule has 0 aliphatic carbocycles. The van der Waals surface area contributed by atoms with E-state index >= 15 is 0 Å². The Morgan fingerprint density at radius 1 is 1.18 bits per heavy atom. The number of rotatable bonds is 6.